The fourth-order valence-corrected chi connectivity index (χ4v) is 3.15. The molecule has 116 valence electrons. The van der Waals surface area contributed by atoms with E-state index in [-0.39, 0.29) is 17.8 Å². The van der Waals surface area contributed by atoms with Gasteiger partial charge in [-0.1, -0.05) is 19.1 Å². The number of aromatic hydroxyl groups is 1. The van der Waals surface area contributed by atoms with Crippen LogP contribution in [0.5, 0.6) is 23.0 Å². The van der Waals surface area contributed by atoms with Gasteiger partial charge in [0.2, 0.25) is 0 Å². The second-order valence-electron chi connectivity index (χ2n) is 5.57. The third kappa shape index (κ3) is 2.15. The van der Waals surface area contributed by atoms with Crippen molar-refractivity contribution in [3.63, 3.8) is 0 Å². The molecule has 0 spiro atoms. The molecule has 0 fully saturated rings. The van der Waals surface area contributed by atoms with Crippen LogP contribution in [0.3, 0.4) is 0 Å². The van der Waals surface area contributed by atoms with Gasteiger partial charge in [0.1, 0.15) is 17.6 Å². The third-order valence-electron chi connectivity index (χ3n) is 4.33. The number of hydrogen-bond acceptors (Lipinski definition) is 4. The lowest BCUT2D eigenvalue weighted by Crippen LogP contribution is -2.07. The van der Waals surface area contributed by atoms with Crippen LogP contribution in [-0.4, -0.2) is 19.3 Å². The van der Waals surface area contributed by atoms with Crippen LogP contribution < -0.4 is 14.2 Å². The largest absolute Gasteiger partial charge is 0.504 e. The zero-order valence-electron chi connectivity index (χ0n) is 13.2. The summed E-state index contributed by atoms with van der Waals surface area (Å²) in [7, 11) is 3.19. The number of phenols is 1. The van der Waals surface area contributed by atoms with Gasteiger partial charge in [0.05, 0.1) is 14.2 Å². The summed E-state index contributed by atoms with van der Waals surface area (Å²) >= 11 is 0. The van der Waals surface area contributed by atoms with E-state index in [0.29, 0.717) is 5.75 Å². The van der Waals surface area contributed by atoms with Crippen molar-refractivity contribution in [2.24, 2.45) is 0 Å². The van der Waals surface area contributed by atoms with Crippen molar-refractivity contribution in [2.45, 2.75) is 25.9 Å². The first-order valence-electron chi connectivity index (χ1n) is 7.27. The topological polar surface area (TPSA) is 47.9 Å². The molecule has 1 N–H and O–H groups in total. The number of ether oxygens (including phenoxy) is 3. The number of hydrogen-bond donors (Lipinski definition) is 1. The number of fused-ring (bicyclic) bond motifs is 1. The molecule has 0 amide bonds. The predicted octanol–water partition coefficient (Wildman–Crippen LogP) is 3.96. The molecule has 0 saturated heterocycles. The zero-order valence-corrected chi connectivity index (χ0v) is 13.2. The van der Waals surface area contributed by atoms with Crippen molar-refractivity contribution in [3.8, 4) is 23.0 Å². The van der Waals surface area contributed by atoms with Crippen LogP contribution in [0, 0.1) is 6.92 Å². The van der Waals surface area contributed by atoms with Crippen molar-refractivity contribution in [1.82, 2.24) is 0 Å². The van der Waals surface area contributed by atoms with E-state index >= 15 is 0 Å². The molecule has 0 aliphatic carbocycles. The van der Waals surface area contributed by atoms with Crippen LogP contribution >= 0.6 is 0 Å². The fourth-order valence-electron chi connectivity index (χ4n) is 3.15. The van der Waals surface area contributed by atoms with Gasteiger partial charge < -0.3 is 19.3 Å². The highest BCUT2D eigenvalue weighted by molar-refractivity contribution is 5.59. The van der Waals surface area contributed by atoms with E-state index in [1.54, 1.807) is 20.3 Å². The van der Waals surface area contributed by atoms with Crippen LogP contribution in [0.2, 0.25) is 0 Å². The Morgan fingerprint density at radius 2 is 1.91 bits per heavy atom. The molecule has 0 unspecified atom stereocenters. The standard InChI is InChI=1S/C18H20O4/c1-10-16-11(2)18(12-6-5-7-13(8-12)20-3)22-14(16)9-15(21-4)17(10)19/h5-9,11,18-19H,1-4H3/t11-,18-/m1/s1. The predicted molar refractivity (Wildman–Crippen MR) is 84.2 cm³/mol. The average molecular weight is 300 g/mol. The maximum Gasteiger partial charge on any atom is 0.164 e. The van der Waals surface area contributed by atoms with Gasteiger partial charge in [0.25, 0.3) is 0 Å². The number of rotatable bonds is 3. The maximum absolute atomic E-state index is 10.2. The van der Waals surface area contributed by atoms with E-state index < -0.39 is 0 Å². The summed E-state index contributed by atoms with van der Waals surface area (Å²) in [6.45, 7) is 4.00. The van der Waals surface area contributed by atoms with Gasteiger partial charge >= 0.3 is 0 Å². The Kier molecular flexibility index (Phi) is 3.61. The highest BCUT2D eigenvalue weighted by Gasteiger charge is 2.35. The molecule has 3 rings (SSSR count). The van der Waals surface area contributed by atoms with E-state index in [1.807, 2.05) is 31.2 Å². The molecule has 0 radical (unpaired) electrons. The lowest BCUT2D eigenvalue weighted by molar-refractivity contribution is 0.215. The minimum atomic E-state index is -0.102. The highest BCUT2D eigenvalue weighted by atomic mass is 16.5. The second-order valence-corrected chi connectivity index (χ2v) is 5.57. The number of phenolic OH excluding ortho intramolecular Hbond substituents is 1. The van der Waals surface area contributed by atoms with Crippen LogP contribution in [0.1, 0.15) is 35.6 Å². The Morgan fingerprint density at radius 1 is 1.14 bits per heavy atom. The molecule has 22 heavy (non-hydrogen) atoms. The van der Waals surface area contributed by atoms with E-state index in [4.69, 9.17) is 14.2 Å². The minimum Gasteiger partial charge on any atom is -0.504 e. The van der Waals surface area contributed by atoms with Crippen molar-refractivity contribution >= 4 is 0 Å². The molecule has 0 saturated carbocycles. The molecule has 2 aromatic carbocycles. The first kappa shape index (κ1) is 14.6. The normalized spacial score (nSPS) is 19.5. The molecular formula is C18H20O4. The first-order chi connectivity index (χ1) is 10.6. The molecule has 2 atom stereocenters. The number of benzene rings is 2. The van der Waals surface area contributed by atoms with E-state index in [2.05, 4.69) is 6.92 Å². The third-order valence-corrected chi connectivity index (χ3v) is 4.33. The molecule has 0 bridgehead atoms. The molecule has 2 aromatic rings. The van der Waals surface area contributed by atoms with Crippen molar-refractivity contribution in [1.29, 1.82) is 0 Å². The van der Waals surface area contributed by atoms with Gasteiger partial charge in [-0.3, -0.25) is 0 Å². The first-order valence-corrected chi connectivity index (χ1v) is 7.27. The van der Waals surface area contributed by atoms with Crippen LogP contribution in [0.15, 0.2) is 30.3 Å². The Morgan fingerprint density at radius 3 is 2.59 bits per heavy atom. The SMILES string of the molecule is COc1cccc([C@@H]2Oc3cc(OC)c(O)c(C)c3[C@H]2C)c1. The molecular weight excluding hydrogens is 280 g/mol. The van der Waals surface area contributed by atoms with Gasteiger partial charge in [0, 0.05) is 23.1 Å². The molecule has 1 aliphatic heterocycles. The van der Waals surface area contributed by atoms with E-state index in [9.17, 15) is 5.11 Å². The summed E-state index contributed by atoms with van der Waals surface area (Å²) in [6.07, 6.45) is -0.102. The zero-order chi connectivity index (χ0) is 15.9. The van der Waals surface area contributed by atoms with Gasteiger partial charge in [-0.2, -0.15) is 0 Å². The summed E-state index contributed by atoms with van der Waals surface area (Å²) in [6, 6.07) is 9.64. The molecule has 4 heteroatoms. The smallest absolute Gasteiger partial charge is 0.164 e. The Balaban J connectivity index is 2.03. The highest BCUT2D eigenvalue weighted by Crippen LogP contribution is 2.52. The summed E-state index contributed by atoms with van der Waals surface area (Å²) < 4.78 is 16.6. The van der Waals surface area contributed by atoms with E-state index in [1.165, 1.54) is 0 Å². The fraction of sp³-hybridized carbons (Fsp3) is 0.333. The van der Waals surface area contributed by atoms with Crippen LogP contribution in [0.4, 0.5) is 0 Å². The number of methoxy groups -OCH3 is 2. The maximum atomic E-state index is 10.2. The van der Waals surface area contributed by atoms with E-state index in [0.717, 1.165) is 28.2 Å². The molecule has 1 aliphatic rings. The van der Waals surface area contributed by atoms with Gasteiger partial charge in [-0.05, 0) is 24.6 Å². The quantitative estimate of drug-likeness (QED) is 0.932. The molecule has 0 aromatic heterocycles. The molecule has 4 nitrogen and oxygen atoms in total. The molecule has 1 heterocycles. The van der Waals surface area contributed by atoms with Crippen molar-refractivity contribution in [3.05, 3.63) is 47.0 Å². The summed E-state index contributed by atoms with van der Waals surface area (Å²) in [5.74, 6) is 2.34. The van der Waals surface area contributed by atoms with Crippen LogP contribution in [-0.2, 0) is 0 Å². The van der Waals surface area contributed by atoms with Crippen LogP contribution in [0.25, 0.3) is 0 Å². The Labute approximate surface area is 130 Å². The Bertz CT molecular complexity index is 708. The Hall–Kier alpha value is -2.36. The van der Waals surface area contributed by atoms with Gasteiger partial charge in [-0.15, -0.1) is 0 Å². The van der Waals surface area contributed by atoms with Gasteiger partial charge in [-0.25, -0.2) is 0 Å². The summed E-state index contributed by atoms with van der Waals surface area (Å²) in [5.41, 5.74) is 2.90. The summed E-state index contributed by atoms with van der Waals surface area (Å²) in [5, 5.41) is 10.2. The lowest BCUT2D eigenvalue weighted by atomic mass is 9.89. The van der Waals surface area contributed by atoms with Gasteiger partial charge in [0.15, 0.2) is 11.5 Å². The average Bonchev–Trinajstić information content (AvgIpc) is 2.87. The van der Waals surface area contributed by atoms with Crippen molar-refractivity contribution in [2.75, 3.05) is 14.2 Å². The lowest BCUT2D eigenvalue weighted by Gasteiger charge is -2.17. The second kappa shape index (κ2) is 5.44. The summed E-state index contributed by atoms with van der Waals surface area (Å²) in [4.78, 5) is 0. The monoisotopic (exact) mass is 300 g/mol. The van der Waals surface area contributed by atoms with Crippen molar-refractivity contribution < 1.29 is 19.3 Å². The minimum absolute atomic E-state index is 0.102.